The van der Waals surface area contributed by atoms with Gasteiger partial charge in [-0.25, -0.2) is 4.39 Å². The number of hydrogen-bond donors (Lipinski definition) is 2. The van der Waals surface area contributed by atoms with E-state index in [4.69, 9.17) is 4.74 Å². The smallest absolute Gasteiger partial charge is 0.242 e. The van der Waals surface area contributed by atoms with Gasteiger partial charge in [0, 0.05) is 26.2 Å². The van der Waals surface area contributed by atoms with Crippen LogP contribution < -0.4 is 10.6 Å². The molecule has 0 aromatic heterocycles. The third kappa shape index (κ3) is 4.76. The number of morpholine rings is 1. The van der Waals surface area contributed by atoms with E-state index in [0.29, 0.717) is 38.4 Å². The number of hydrogen-bond acceptors (Lipinski definition) is 4. The fourth-order valence-corrected chi connectivity index (χ4v) is 2.59. The predicted octanol–water partition coefficient (Wildman–Crippen LogP) is 0.925. The molecule has 6 heteroatoms. The van der Waals surface area contributed by atoms with Gasteiger partial charge in [-0.05, 0) is 24.2 Å². The van der Waals surface area contributed by atoms with E-state index in [1.165, 1.54) is 12.1 Å². The van der Waals surface area contributed by atoms with Crippen LogP contribution in [0.5, 0.6) is 0 Å². The largest absolute Gasteiger partial charge is 0.379 e. The van der Waals surface area contributed by atoms with Gasteiger partial charge >= 0.3 is 0 Å². The standard InChI is InChI=1S/C16H24FN3O2/c1-2-18-6-7-19-16(21)15(20-8-10-22-11-9-20)13-4-3-5-14(17)12-13/h3-5,12,15,18H,2,6-11H2,1H3,(H,19,21). The van der Waals surface area contributed by atoms with Gasteiger partial charge < -0.3 is 15.4 Å². The molecule has 1 aliphatic heterocycles. The van der Waals surface area contributed by atoms with E-state index in [2.05, 4.69) is 10.6 Å². The monoisotopic (exact) mass is 309 g/mol. The topological polar surface area (TPSA) is 53.6 Å². The molecule has 1 fully saturated rings. The summed E-state index contributed by atoms with van der Waals surface area (Å²) in [4.78, 5) is 14.6. The molecule has 1 amide bonds. The summed E-state index contributed by atoms with van der Waals surface area (Å²) in [6.45, 7) is 6.69. The number of nitrogens with zero attached hydrogens (tertiary/aromatic N) is 1. The van der Waals surface area contributed by atoms with Gasteiger partial charge in [0.1, 0.15) is 11.9 Å². The van der Waals surface area contributed by atoms with Crippen molar-refractivity contribution in [2.75, 3.05) is 45.9 Å². The second kappa shape index (κ2) is 8.82. The first-order valence-corrected chi connectivity index (χ1v) is 7.78. The summed E-state index contributed by atoms with van der Waals surface area (Å²) >= 11 is 0. The number of benzene rings is 1. The van der Waals surface area contributed by atoms with Gasteiger partial charge in [0.05, 0.1) is 13.2 Å². The van der Waals surface area contributed by atoms with Gasteiger partial charge in [-0.3, -0.25) is 9.69 Å². The molecule has 0 aliphatic carbocycles. The van der Waals surface area contributed by atoms with E-state index in [1.54, 1.807) is 12.1 Å². The third-order valence-electron chi connectivity index (χ3n) is 3.67. The highest BCUT2D eigenvalue weighted by atomic mass is 19.1. The zero-order valence-corrected chi connectivity index (χ0v) is 13.0. The number of amides is 1. The Morgan fingerprint density at radius 1 is 1.36 bits per heavy atom. The van der Waals surface area contributed by atoms with Crippen LogP contribution in [0, 0.1) is 5.82 Å². The number of carbonyl (C=O) groups is 1. The highest BCUT2D eigenvalue weighted by molar-refractivity contribution is 5.83. The minimum atomic E-state index is -0.471. The fourth-order valence-electron chi connectivity index (χ4n) is 2.59. The molecule has 2 rings (SSSR count). The highest BCUT2D eigenvalue weighted by Crippen LogP contribution is 2.22. The maximum Gasteiger partial charge on any atom is 0.242 e. The minimum Gasteiger partial charge on any atom is -0.379 e. The molecule has 122 valence electrons. The molecule has 0 bridgehead atoms. The first kappa shape index (κ1) is 16.9. The van der Waals surface area contributed by atoms with Crippen LogP contribution in [0.3, 0.4) is 0 Å². The van der Waals surface area contributed by atoms with Crippen molar-refractivity contribution >= 4 is 5.91 Å². The number of likely N-dealkylation sites (N-methyl/N-ethyl adjacent to an activating group) is 1. The number of rotatable bonds is 7. The molecule has 1 atom stereocenters. The van der Waals surface area contributed by atoms with Crippen molar-refractivity contribution in [2.45, 2.75) is 13.0 Å². The van der Waals surface area contributed by atoms with Gasteiger partial charge in [0.25, 0.3) is 0 Å². The van der Waals surface area contributed by atoms with Crippen LogP contribution >= 0.6 is 0 Å². The lowest BCUT2D eigenvalue weighted by Gasteiger charge is -2.33. The maximum atomic E-state index is 13.5. The molecule has 2 N–H and O–H groups in total. The van der Waals surface area contributed by atoms with Crippen LogP contribution in [-0.4, -0.2) is 56.7 Å². The van der Waals surface area contributed by atoms with Crippen molar-refractivity contribution in [3.63, 3.8) is 0 Å². The van der Waals surface area contributed by atoms with Gasteiger partial charge in [0.2, 0.25) is 5.91 Å². The Morgan fingerprint density at radius 3 is 2.82 bits per heavy atom. The van der Waals surface area contributed by atoms with E-state index < -0.39 is 6.04 Å². The SMILES string of the molecule is CCNCCNC(=O)C(c1cccc(F)c1)N1CCOCC1. The Bertz CT molecular complexity index is 478. The van der Waals surface area contributed by atoms with Crippen LogP contribution in [0.15, 0.2) is 24.3 Å². The molecule has 1 aromatic rings. The Hall–Kier alpha value is -1.50. The average molecular weight is 309 g/mol. The lowest BCUT2D eigenvalue weighted by atomic mass is 10.0. The normalized spacial score (nSPS) is 17.2. The summed E-state index contributed by atoms with van der Waals surface area (Å²) in [6, 6.07) is 5.80. The Kier molecular flexibility index (Phi) is 6.76. The van der Waals surface area contributed by atoms with Crippen molar-refractivity contribution in [3.05, 3.63) is 35.6 Å². The molecule has 1 heterocycles. The van der Waals surface area contributed by atoms with Gasteiger partial charge in [-0.15, -0.1) is 0 Å². The summed E-state index contributed by atoms with van der Waals surface area (Å²) in [5, 5.41) is 6.09. The molecule has 22 heavy (non-hydrogen) atoms. The summed E-state index contributed by atoms with van der Waals surface area (Å²) in [5.41, 5.74) is 0.683. The van der Waals surface area contributed by atoms with E-state index in [9.17, 15) is 9.18 Å². The average Bonchev–Trinajstić information content (AvgIpc) is 2.53. The van der Waals surface area contributed by atoms with E-state index in [1.807, 2.05) is 11.8 Å². The van der Waals surface area contributed by atoms with Gasteiger partial charge in [-0.2, -0.15) is 0 Å². The van der Waals surface area contributed by atoms with Crippen LogP contribution in [0.4, 0.5) is 4.39 Å². The first-order chi connectivity index (χ1) is 10.7. The molecule has 0 saturated carbocycles. The van der Waals surface area contributed by atoms with Gasteiger partial charge in [0.15, 0.2) is 0 Å². The molecule has 0 spiro atoms. The summed E-state index contributed by atoms with van der Waals surface area (Å²) in [6.07, 6.45) is 0. The number of nitrogens with one attached hydrogen (secondary N) is 2. The zero-order chi connectivity index (χ0) is 15.8. The van der Waals surface area contributed by atoms with Crippen molar-refractivity contribution in [3.8, 4) is 0 Å². The molecule has 1 unspecified atom stereocenters. The summed E-state index contributed by atoms with van der Waals surface area (Å²) < 4.78 is 18.9. The molecule has 5 nitrogen and oxygen atoms in total. The van der Waals surface area contributed by atoms with Crippen LogP contribution in [0.2, 0.25) is 0 Å². The van der Waals surface area contributed by atoms with Crippen molar-refractivity contribution in [2.24, 2.45) is 0 Å². The van der Waals surface area contributed by atoms with E-state index in [-0.39, 0.29) is 11.7 Å². The maximum absolute atomic E-state index is 13.5. The van der Waals surface area contributed by atoms with Gasteiger partial charge in [-0.1, -0.05) is 19.1 Å². The van der Waals surface area contributed by atoms with E-state index >= 15 is 0 Å². The second-order valence-corrected chi connectivity index (χ2v) is 5.25. The lowest BCUT2D eigenvalue weighted by Crippen LogP contribution is -2.46. The first-order valence-electron chi connectivity index (χ1n) is 7.78. The van der Waals surface area contributed by atoms with Crippen LogP contribution in [-0.2, 0) is 9.53 Å². The predicted molar refractivity (Wildman–Crippen MR) is 83.1 cm³/mol. The molecular weight excluding hydrogens is 285 g/mol. The Balaban J connectivity index is 2.08. The molecule has 0 radical (unpaired) electrons. The van der Waals surface area contributed by atoms with Crippen LogP contribution in [0.25, 0.3) is 0 Å². The Labute approximate surface area is 130 Å². The quantitative estimate of drug-likeness (QED) is 0.736. The number of halogens is 1. The van der Waals surface area contributed by atoms with Crippen molar-refractivity contribution < 1.29 is 13.9 Å². The van der Waals surface area contributed by atoms with Crippen molar-refractivity contribution in [1.82, 2.24) is 15.5 Å². The molecule has 1 saturated heterocycles. The van der Waals surface area contributed by atoms with E-state index in [0.717, 1.165) is 13.1 Å². The van der Waals surface area contributed by atoms with Crippen LogP contribution in [0.1, 0.15) is 18.5 Å². The zero-order valence-electron chi connectivity index (χ0n) is 13.0. The number of carbonyl (C=O) groups excluding carboxylic acids is 1. The minimum absolute atomic E-state index is 0.0922. The molecule has 1 aliphatic rings. The molecule has 1 aromatic carbocycles. The lowest BCUT2D eigenvalue weighted by molar-refractivity contribution is -0.128. The summed E-state index contributed by atoms with van der Waals surface area (Å²) in [7, 11) is 0. The summed E-state index contributed by atoms with van der Waals surface area (Å²) in [5.74, 6) is -0.415. The highest BCUT2D eigenvalue weighted by Gasteiger charge is 2.29. The third-order valence-corrected chi connectivity index (χ3v) is 3.67. The second-order valence-electron chi connectivity index (χ2n) is 5.25. The fraction of sp³-hybridized carbons (Fsp3) is 0.562. The number of ether oxygens (including phenoxy) is 1. The van der Waals surface area contributed by atoms with Crippen molar-refractivity contribution in [1.29, 1.82) is 0 Å². The Morgan fingerprint density at radius 2 is 2.14 bits per heavy atom. The molecular formula is C16H24FN3O2.